The summed E-state index contributed by atoms with van der Waals surface area (Å²) in [7, 11) is -3.52. The number of hydrogen-bond acceptors (Lipinski definition) is 4. The Balaban J connectivity index is 2.18. The monoisotopic (exact) mass is 579 g/mol. The largest absolute Gasteiger partial charge is 0.350 e. The van der Waals surface area contributed by atoms with Crippen molar-refractivity contribution >= 4 is 43.5 Å². The molecule has 1 atom stereocenters. The van der Waals surface area contributed by atoms with Crippen molar-refractivity contribution in [3.8, 4) is 0 Å². The van der Waals surface area contributed by atoms with Gasteiger partial charge in [0, 0.05) is 29.5 Å². The second-order valence-corrected chi connectivity index (χ2v) is 12.8. The quantitative estimate of drug-likeness (QED) is 0.410. The minimum Gasteiger partial charge on any atom is -0.350 e. The molecule has 2 aromatic rings. The first-order chi connectivity index (χ1) is 16.7. The lowest BCUT2D eigenvalue weighted by atomic mass is 10.1. The van der Waals surface area contributed by atoms with Crippen molar-refractivity contribution in [3.63, 3.8) is 0 Å². The smallest absolute Gasteiger partial charge is 0.242 e. The Morgan fingerprint density at radius 1 is 1.06 bits per heavy atom. The van der Waals surface area contributed by atoms with Crippen LogP contribution in [0.3, 0.4) is 0 Å². The average Bonchev–Trinajstić information content (AvgIpc) is 2.78. The Hall–Kier alpha value is -2.39. The highest BCUT2D eigenvalue weighted by Crippen LogP contribution is 2.21. The third-order valence-corrected chi connectivity index (χ3v) is 7.38. The normalized spacial score (nSPS) is 12.6. The highest BCUT2D eigenvalue weighted by molar-refractivity contribution is 9.10. The number of halogens is 1. The Bertz CT molecular complexity index is 1140. The van der Waals surface area contributed by atoms with Gasteiger partial charge in [0.2, 0.25) is 21.8 Å². The van der Waals surface area contributed by atoms with Crippen molar-refractivity contribution in [1.82, 2.24) is 10.2 Å². The molecule has 0 bridgehead atoms. The number of nitrogens with one attached hydrogen (secondary N) is 1. The number of sulfonamides is 1. The number of rotatable bonds is 11. The molecule has 2 aromatic carbocycles. The molecule has 0 aromatic heterocycles. The van der Waals surface area contributed by atoms with Gasteiger partial charge in [-0.15, -0.1) is 0 Å². The van der Waals surface area contributed by atoms with Crippen molar-refractivity contribution in [1.29, 1.82) is 0 Å². The average molecular weight is 581 g/mol. The molecule has 0 saturated heterocycles. The fourth-order valence-corrected chi connectivity index (χ4v) is 5.20. The Kier molecular flexibility index (Phi) is 10.5. The highest BCUT2D eigenvalue weighted by atomic mass is 79.9. The van der Waals surface area contributed by atoms with E-state index < -0.39 is 21.6 Å². The summed E-state index contributed by atoms with van der Waals surface area (Å²) in [5.41, 5.74) is 2.15. The van der Waals surface area contributed by atoms with Crippen LogP contribution in [0.4, 0.5) is 5.69 Å². The van der Waals surface area contributed by atoms with E-state index >= 15 is 0 Å². The van der Waals surface area contributed by atoms with Gasteiger partial charge in [-0.1, -0.05) is 47.1 Å². The minimum absolute atomic E-state index is 0.111. The molecule has 1 N–H and O–H groups in total. The molecule has 0 heterocycles. The van der Waals surface area contributed by atoms with Crippen molar-refractivity contribution in [2.75, 3.05) is 17.1 Å². The van der Waals surface area contributed by atoms with Gasteiger partial charge in [0.1, 0.15) is 6.04 Å². The molecule has 0 radical (unpaired) electrons. The first-order valence-electron chi connectivity index (χ1n) is 12.1. The number of nitrogens with zero attached hydrogens (tertiary/aromatic N) is 2. The fourth-order valence-electron chi connectivity index (χ4n) is 3.79. The number of aryl methyl sites for hydroxylation is 1. The number of carbonyl (C=O) groups excluding carboxylic acids is 2. The molecule has 0 unspecified atom stereocenters. The number of carbonyl (C=O) groups is 2. The van der Waals surface area contributed by atoms with Crippen LogP contribution in [0.25, 0.3) is 0 Å². The van der Waals surface area contributed by atoms with Gasteiger partial charge in [-0.05, 0) is 75.9 Å². The molecule has 7 nitrogen and oxygen atoms in total. The Morgan fingerprint density at radius 2 is 1.69 bits per heavy atom. The molecule has 0 saturated carbocycles. The van der Waals surface area contributed by atoms with Gasteiger partial charge >= 0.3 is 0 Å². The summed E-state index contributed by atoms with van der Waals surface area (Å²) in [6.45, 7) is 9.88. The van der Waals surface area contributed by atoms with E-state index in [0.717, 1.165) is 22.0 Å². The zero-order valence-corrected chi connectivity index (χ0v) is 24.4. The SMILES string of the molecule is CCc1ccc(N(CCCC(=O)N(Cc2cccc(Br)c2)[C@H](C)C(=O)NC(C)(C)C)S(C)(=O)=O)cc1. The summed E-state index contributed by atoms with van der Waals surface area (Å²) in [5, 5.41) is 2.95. The standard InChI is InChI=1S/C27H38BrN3O4S/c1-7-21-13-15-24(16-14-21)31(36(6,34)35)17-9-12-25(32)30(19-22-10-8-11-23(28)18-22)20(2)26(33)29-27(3,4)5/h8,10-11,13-16,18,20H,7,9,12,17,19H2,1-6H3,(H,29,33)/t20-/m1/s1. The lowest BCUT2D eigenvalue weighted by Crippen LogP contribution is -2.52. The number of benzene rings is 2. The van der Waals surface area contributed by atoms with Crippen LogP contribution in [0.2, 0.25) is 0 Å². The van der Waals surface area contributed by atoms with E-state index in [9.17, 15) is 18.0 Å². The summed E-state index contributed by atoms with van der Waals surface area (Å²) >= 11 is 3.46. The van der Waals surface area contributed by atoms with Crippen LogP contribution in [-0.2, 0) is 32.6 Å². The number of hydrogen-bond donors (Lipinski definition) is 1. The number of anilines is 1. The van der Waals surface area contributed by atoms with Crippen LogP contribution in [-0.4, -0.2) is 49.5 Å². The molecule has 198 valence electrons. The maximum atomic E-state index is 13.4. The van der Waals surface area contributed by atoms with Gasteiger partial charge in [-0.2, -0.15) is 0 Å². The topological polar surface area (TPSA) is 86.8 Å². The molecule has 0 spiro atoms. The van der Waals surface area contributed by atoms with Gasteiger partial charge in [0.05, 0.1) is 11.9 Å². The fraction of sp³-hybridized carbons (Fsp3) is 0.481. The molecule has 0 aliphatic rings. The number of amides is 2. The van der Waals surface area contributed by atoms with Crippen LogP contribution in [0.5, 0.6) is 0 Å². The summed E-state index contributed by atoms with van der Waals surface area (Å²) in [4.78, 5) is 27.8. The highest BCUT2D eigenvalue weighted by Gasteiger charge is 2.28. The minimum atomic E-state index is -3.52. The summed E-state index contributed by atoms with van der Waals surface area (Å²) in [6.07, 6.45) is 2.47. The van der Waals surface area contributed by atoms with Crippen LogP contribution in [0.1, 0.15) is 58.6 Å². The van der Waals surface area contributed by atoms with Gasteiger partial charge in [0.15, 0.2) is 0 Å². The second-order valence-electron chi connectivity index (χ2n) is 10.0. The Morgan fingerprint density at radius 3 is 2.22 bits per heavy atom. The molecule has 0 fully saturated rings. The van der Waals surface area contributed by atoms with Crippen molar-refractivity contribution < 1.29 is 18.0 Å². The molecule has 2 rings (SSSR count). The lowest BCUT2D eigenvalue weighted by Gasteiger charge is -2.32. The predicted molar refractivity (Wildman–Crippen MR) is 149 cm³/mol. The third-order valence-electron chi connectivity index (χ3n) is 5.69. The first-order valence-corrected chi connectivity index (χ1v) is 14.8. The van der Waals surface area contributed by atoms with Crippen LogP contribution in [0, 0.1) is 0 Å². The molecular formula is C27H38BrN3O4S. The molecule has 9 heteroatoms. The summed E-state index contributed by atoms with van der Waals surface area (Å²) < 4.78 is 27.2. The van der Waals surface area contributed by atoms with E-state index in [2.05, 4.69) is 21.2 Å². The van der Waals surface area contributed by atoms with Gasteiger partial charge in [-0.25, -0.2) is 8.42 Å². The van der Waals surface area contributed by atoms with Crippen molar-refractivity contribution in [2.45, 2.75) is 72.0 Å². The van der Waals surface area contributed by atoms with E-state index in [1.54, 1.807) is 24.0 Å². The molecular weight excluding hydrogens is 542 g/mol. The van der Waals surface area contributed by atoms with Gasteiger partial charge in [0.25, 0.3) is 0 Å². The van der Waals surface area contributed by atoms with Gasteiger partial charge < -0.3 is 10.2 Å². The molecule has 0 aliphatic carbocycles. The van der Waals surface area contributed by atoms with E-state index in [0.29, 0.717) is 12.1 Å². The van der Waals surface area contributed by atoms with E-state index in [1.165, 1.54) is 10.6 Å². The zero-order valence-electron chi connectivity index (χ0n) is 22.0. The maximum Gasteiger partial charge on any atom is 0.242 e. The van der Waals surface area contributed by atoms with E-state index in [-0.39, 0.29) is 31.3 Å². The molecule has 36 heavy (non-hydrogen) atoms. The van der Waals surface area contributed by atoms with Crippen LogP contribution < -0.4 is 9.62 Å². The predicted octanol–water partition coefficient (Wildman–Crippen LogP) is 4.89. The summed E-state index contributed by atoms with van der Waals surface area (Å²) in [6, 6.07) is 14.3. The maximum absolute atomic E-state index is 13.4. The Labute approximate surface area is 224 Å². The van der Waals surface area contributed by atoms with Gasteiger partial charge in [-0.3, -0.25) is 13.9 Å². The van der Waals surface area contributed by atoms with Crippen LogP contribution in [0.15, 0.2) is 53.0 Å². The zero-order chi connectivity index (χ0) is 27.1. The van der Waals surface area contributed by atoms with Crippen molar-refractivity contribution in [2.24, 2.45) is 0 Å². The van der Waals surface area contributed by atoms with Crippen LogP contribution >= 0.6 is 15.9 Å². The summed E-state index contributed by atoms with van der Waals surface area (Å²) in [5.74, 6) is -0.444. The molecule has 2 amide bonds. The lowest BCUT2D eigenvalue weighted by molar-refractivity contribution is -0.141. The third kappa shape index (κ3) is 9.24. The van der Waals surface area contributed by atoms with E-state index in [4.69, 9.17) is 0 Å². The van der Waals surface area contributed by atoms with E-state index in [1.807, 2.05) is 64.1 Å². The second kappa shape index (κ2) is 12.7. The first kappa shape index (κ1) is 29.8. The molecule has 0 aliphatic heterocycles. The van der Waals surface area contributed by atoms with Crippen molar-refractivity contribution in [3.05, 3.63) is 64.1 Å².